The molecule has 2 heterocycles. The van der Waals surface area contributed by atoms with E-state index < -0.39 is 56.8 Å². The summed E-state index contributed by atoms with van der Waals surface area (Å²) < 4.78 is 39.2. The summed E-state index contributed by atoms with van der Waals surface area (Å²) in [6, 6.07) is 29.5. The highest BCUT2D eigenvalue weighted by Gasteiger charge is 2.46. The molecule has 1 aliphatic rings. The Morgan fingerprint density at radius 3 is 2.31 bits per heavy atom. The van der Waals surface area contributed by atoms with Crippen molar-refractivity contribution in [1.82, 2.24) is 19.9 Å². The van der Waals surface area contributed by atoms with Crippen LogP contribution in [0, 0.1) is 0 Å². The van der Waals surface area contributed by atoms with Gasteiger partial charge in [0.1, 0.15) is 43.0 Å². The maximum atomic E-state index is 14.7. The molecule has 1 fully saturated rings. The van der Waals surface area contributed by atoms with Crippen molar-refractivity contribution in [3.05, 3.63) is 126 Å². The second kappa shape index (κ2) is 15.1. The van der Waals surface area contributed by atoms with Gasteiger partial charge in [0.15, 0.2) is 6.23 Å². The zero-order chi connectivity index (χ0) is 34.4. The average molecular weight is 688 g/mol. The van der Waals surface area contributed by atoms with Crippen molar-refractivity contribution in [3.63, 3.8) is 0 Å². The van der Waals surface area contributed by atoms with Crippen molar-refractivity contribution in [3.8, 4) is 5.75 Å². The fourth-order valence-electron chi connectivity index (χ4n) is 5.31. The topological polar surface area (TPSA) is 197 Å². The molecule has 5 N–H and O–H groups in total. The summed E-state index contributed by atoms with van der Waals surface area (Å²) in [5.41, 5.74) is 6.74. The first-order valence-corrected chi connectivity index (χ1v) is 16.9. The number of nitrogens with two attached hydrogens (primary N) is 1. The third-order valence-corrected chi connectivity index (χ3v) is 9.36. The molecular weight excluding hydrogens is 653 g/mol. The third-order valence-electron chi connectivity index (χ3n) is 7.81. The fraction of sp³-hybridized carbons (Fsp3) is 0.235. The fourth-order valence-corrected chi connectivity index (χ4v) is 6.83. The summed E-state index contributed by atoms with van der Waals surface area (Å²) in [5, 5.41) is 29.7. The van der Waals surface area contributed by atoms with Crippen molar-refractivity contribution < 1.29 is 42.9 Å². The molecule has 0 saturated carbocycles. The minimum absolute atomic E-state index is 0.0247. The molecule has 49 heavy (non-hydrogen) atoms. The second-order valence-electron chi connectivity index (χ2n) is 11.3. The lowest BCUT2D eigenvalue weighted by atomic mass is 10.1. The molecule has 1 unspecified atom stereocenters. The van der Waals surface area contributed by atoms with Crippen LogP contribution in [-0.2, 0) is 36.4 Å². The Balaban J connectivity index is 1.27. The van der Waals surface area contributed by atoms with Crippen LogP contribution in [0.15, 0.2) is 109 Å². The van der Waals surface area contributed by atoms with Gasteiger partial charge < -0.3 is 29.9 Å². The van der Waals surface area contributed by atoms with Gasteiger partial charge in [-0.15, -0.1) is 5.10 Å². The predicted octanol–water partition coefficient (Wildman–Crippen LogP) is 3.30. The lowest BCUT2D eigenvalue weighted by Crippen LogP contribution is -2.40. The highest BCUT2D eigenvalue weighted by Crippen LogP contribution is 2.48. The minimum Gasteiger partial charge on any atom is -0.460 e. The first kappa shape index (κ1) is 33.9. The number of primary amides is 1. The Morgan fingerprint density at radius 1 is 0.918 bits per heavy atom. The lowest BCUT2D eigenvalue weighted by molar-refractivity contribution is -0.147. The summed E-state index contributed by atoms with van der Waals surface area (Å²) in [5.74, 6) is -1.71. The van der Waals surface area contributed by atoms with Crippen LogP contribution < -0.4 is 15.3 Å². The standard InChI is InChI=1S/C34H34N5O9P/c35-31(42)32-36-21-39(37-32)33-30(41)29(40)28(47-33)20-46-49(44,48-27-17-9-15-24-14-7-8-16-25(24)27)38-26(18-22-10-3-1-4-11-22)34(43)45-19-23-12-5-2-6-13-23/h1-17,21,26,28-30,33,40-41H,18-20H2,(H2,35,42)(H,38,44)/t26-,28+,29+,30+,33+,49?/m0/s1. The molecule has 6 atom stereocenters. The van der Waals surface area contributed by atoms with Gasteiger partial charge >= 0.3 is 13.7 Å². The molecule has 1 aromatic heterocycles. The lowest BCUT2D eigenvalue weighted by Gasteiger charge is -2.26. The average Bonchev–Trinajstić information content (AvgIpc) is 3.72. The summed E-state index contributed by atoms with van der Waals surface area (Å²) >= 11 is 0. The number of aromatic nitrogens is 3. The maximum absolute atomic E-state index is 14.7. The molecular formula is C34H34N5O9P. The number of hydrogen-bond donors (Lipinski definition) is 4. The van der Waals surface area contributed by atoms with Gasteiger partial charge in [-0.25, -0.2) is 14.2 Å². The summed E-state index contributed by atoms with van der Waals surface area (Å²) in [4.78, 5) is 28.9. The number of nitrogens with one attached hydrogen (secondary N) is 1. The van der Waals surface area contributed by atoms with E-state index in [2.05, 4.69) is 15.2 Å². The number of nitrogens with zero attached hydrogens (tertiary/aromatic N) is 3. The van der Waals surface area contributed by atoms with E-state index in [0.29, 0.717) is 5.39 Å². The van der Waals surface area contributed by atoms with Crippen molar-refractivity contribution in [1.29, 1.82) is 0 Å². The third kappa shape index (κ3) is 8.20. The normalized spacial score (nSPS) is 20.8. The monoisotopic (exact) mass is 687 g/mol. The molecule has 0 bridgehead atoms. The van der Waals surface area contributed by atoms with E-state index in [0.717, 1.165) is 27.5 Å². The molecule has 4 aromatic carbocycles. The predicted molar refractivity (Wildman–Crippen MR) is 176 cm³/mol. The van der Waals surface area contributed by atoms with Crippen LogP contribution in [0.4, 0.5) is 0 Å². The van der Waals surface area contributed by atoms with Crippen molar-refractivity contribution in [2.24, 2.45) is 5.73 Å². The van der Waals surface area contributed by atoms with Gasteiger partial charge in [-0.3, -0.25) is 14.1 Å². The van der Waals surface area contributed by atoms with E-state index in [9.17, 15) is 24.4 Å². The smallest absolute Gasteiger partial charge is 0.459 e. The van der Waals surface area contributed by atoms with Gasteiger partial charge in [0.05, 0.1) is 6.61 Å². The van der Waals surface area contributed by atoms with Crippen LogP contribution in [-0.4, -0.2) is 67.8 Å². The van der Waals surface area contributed by atoms with Crippen LogP contribution in [0.25, 0.3) is 10.8 Å². The zero-order valence-corrected chi connectivity index (χ0v) is 26.9. The van der Waals surface area contributed by atoms with Crippen LogP contribution in [0.5, 0.6) is 5.75 Å². The van der Waals surface area contributed by atoms with Crippen LogP contribution >= 0.6 is 7.75 Å². The van der Waals surface area contributed by atoms with Gasteiger partial charge in [-0.2, -0.15) is 5.09 Å². The molecule has 0 radical (unpaired) electrons. The van der Waals surface area contributed by atoms with Gasteiger partial charge in [0, 0.05) is 5.39 Å². The first-order chi connectivity index (χ1) is 23.7. The van der Waals surface area contributed by atoms with Crippen molar-refractivity contribution >= 4 is 30.4 Å². The summed E-state index contributed by atoms with van der Waals surface area (Å²) in [6.07, 6.45) is -4.39. The maximum Gasteiger partial charge on any atom is 0.459 e. The number of ether oxygens (including phenoxy) is 2. The van der Waals surface area contributed by atoms with Gasteiger partial charge in [0.2, 0.25) is 5.82 Å². The molecule has 1 saturated heterocycles. The van der Waals surface area contributed by atoms with Crippen LogP contribution in [0.3, 0.4) is 0 Å². The number of benzene rings is 4. The Bertz CT molecular complexity index is 1940. The highest BCUT2D eigenvalue weighted by atomic mass is 31.2. The number of amides is 1. The van der Waals surface area contributed by atoms with E-state index in [4.69, 9.17) is 24.3 Å². The van der Waals surface area contributed by atoms with E-state index >= 15 is 0 Å². The Labute approximate surface area is 281 Å². The van der Waals surface area contributed by atoms with E-state index in [-0.39, 0.29) is 24.6 Å². The number of carbonyl (C=O) groups is 2. The molecule has 1 aliphatic heterocycles. The van der Waals surface area contributed by atoms with Crippen molar-refractivity contribution in [2.75, 3.05) is 6.61 Å². The van der Waals surface area contributed by atoms with Crippen LogP contribution in [0.2, 0.25) is 0 Å². The summed E-state index contributed by atoms with van der Waals surface area (Å²) in [7, 11) is -4.51. The number of aliphatic hydroxyl groups is 2. The molecule has 1 amide bonds. The van der Waals surface area contributed by atoms with Gasteiger partial charge in [-0.1, -0.05) is 97.1 Å². The largest absolute Gasteiger partial charge is 0.460 e. The summed E-state index contributed by atoms with van der Waals surface area (Å²) in [6.45, 7) is -0.582. The molecule has 5 aromatic rings. The first-order valence-electron chi connectivity index (χ1n) is 15.4. The molecule has 6 rings (SSSR count). The van der Waals surface area contributed by atoms with E-state index in [1.54, 1.807) is 24.3 Å². The highest BCUT2D eigenvalue weighted by molar-refractivity contribution is 7.52. The zero-order valence-electron chi connectivity index (χ0n) is 26.0. The molecule has 15 heteroatoms. The molecule has 0 spiro atoms. The second-order valence-corrected chi connectivity index (χ2v) is 13.0. The van der Waals surface area contributed by atoms with E-state index in [1.807, 2.05) is 78.9 Å². The quantitative estimate of drug-likeness (QED) is 0.0984. The number of fused-ring (bicyclic) bond motifs is 1. The Morgan fingerprint density at radius 2 is 1.59 bits per heavy atom. The van der Waals surface area contributed by atoms with Crippen molar-refractivity contribution in [2.45, 2.75) is 43.6 Å². The number of rotatable bonds is 14. The Kier molecular flexibility index (Phi) is 10.4. The molecule has 14 nitrogen and oxygen atoms in total. The van der Waals surface area contributed by atoms with Crippen LogP contribution in [0.1, 0.15) is 28.0 Å². The number of carbonyl (C=O) groups excluding carboxylic acids is 2. The van der Waals surface area contributed by atoms with E-state index in [1.165, 1.54) is 0 Å². The number of hydrogen-bond acceptors (Lipinski definition) is 11. The number of esters is 1. The van der Waals surface area contributed by atoms with Gasteiger partial charge in [-0.05, 0) is 29.0 Å². The minimum atomic E-state index is -4.51. The SMILES string of the molecule is NC(=O)c1ncn([C@@H]2O[C@H](COP(=O)(N[C@@H](Cc3ccccc3)C(=O)OCc3ccccc3)Oc3cccc4ccccc34)[C@@H](O)[C@H]2O)n1. The Hall–Kier alpha value is -4.95. The van der Waals surface area contributed by atoms with Gasteiger partial charge in [0.25, 0.3) is 5.91 Å². The molecule has 254 valence electrons. The number of aliphatic hydroxyl groups excluding tert-OH is 2. The molecule has 0 aliphatic carbocycles.